The van der Waals surface area contributed by atoms with Gasteiger partial charge in [-0.2, -0.15) is 13.2 Å². The van der Waals surface area contributed by atoms with Crippen molar-refractivity contribution in [2.45, 2.75) is 26.2 Å². The van der Waals surface area contributed by atoms with E-state index in [0.29, 0.717) is 12.1 Å². The third kappa shape index (κ3) is 4.69. The molecule has 0 fully saturated rings. The van der Waals surface area contributed by atoms with Crippen LogP contribution in [0.1, 0.15) is 31.9 Å². The first kappa shape index (κ1) is 19.9. The summed E-state index contributed by atoms with van der Waals surface area (Å²) in [5, 5.41) is 2.56. The van der Waals surface area contributed by atoms with Gasteiger partial charge in [0.25, 0.3) is 5.91 Å². The quantitative estimate of drug-likeness (QED) is 0.690. The number of amides is 1. The summed E-state index contributed by atoms with van der Waals surface area (Å²) in [4.78, 5) is 24.4. The lowest BCUT2D eigenvalue weighted by Crippen LogP contribution is -2.22. The number of carbonyl (C=O) groups is 1. The van der Waals surface area contributed by atoms with Gasteiger partial charge in [0, 0.05) is 12.7 Å². The lowest BCUT2D eigenvalue weighted by atomic mass is 10.1. The molecule has 1 heterocycles. The molecule has 0 aliphatic rings. The molecule has 8 heteroatoms. The fraction of sp³-hybridized carbons (Fsp3) is 0.200. The van der Waals surface area contributed by atoms with Crippen LogP contribution >= 0.6 is 11.3 Å². The Bertz CT molecular complexity index is 1050. The number of aromatic nitrogens is 1. The zero-order valence-corrected chi connectivity index (χ0v) is 15.7. The zero-order chi connectivity index (χ0) is 20.3. The van der Waals surface area contributed by atoms with Crippen molar-refractivity contribution in [3.05, 3.63) is 91.5 Å². The number of hydrogen-bond donors (Lipinski definition) is 1. The first-order chi connectivity index (χ1) is 13.2. The molecule has 1 N–H and O–H groups in total. The maximum atomic E-state index is 12.8. The van der Waals surface area contributed by atoms with E-state index in [2.05, 4.69) is 5.32 Å². The molecule has 1 amide bonds. The highest BCUT2D eigenvalue weighted by molar-refractivity contribution is 7.11. The third-order valence-corrected chi connectivity index (χ3v) is 5.16. The monoisotopic (exact) mass is 406 g/mol. The Hall–Kier alpha value is -2.87. The summed E-state index contributed by atoms with van der Waals surface area (Å²) in [5.74, 6) is -0.497. The van der Waals surface area contributed by atoms with Gasteiger partial charge in [0.2, 0.25) is 0 Å². The van der Waals surface area contributed by atoms with Crippen LogP contribution in [0.25, 0.3) is 0 Å². The van der Waals surface area contributed by atoms with Crippen molar-refractivity contribution < 1.29 is 18.0 Å². The Morgan fingerprint density at radius 2 is 1.89 bits per heavy atom. The van der Waals surface area contributed by atoms with E-state index in [1.165, 1.54) is 22.9 Å². The second kappa shape index (κ2) is 8.02. The molecule has 1 aromatic heterocycles. The first-order valence-corrected chi connectivity index (χ1v) is 9.25. The van der Waals surface area contributed by atoms with Crippen LogP contribution in [-0.2, 0) is 19.3 Å². The zero-order valence-electron chi connectivity index (χ0n) is 14.9. The molecule has 2 aromatic carbocycles. The lowest BCUT2D eigenvalue weighted by molar-refractivity contribution is -0.137. The van der Waals surface area contributed by atoms with E-state index in [4.69, 9.17) is 0 Å². The minimum atomic E-state index is -4.44. The molecule has 0 saturated carbocycles. The Morgan fingerprint density at radius 1 is 1.14 bits per heavy atom. The maximum Gasteiger partial charge on any atom is 0.416 e. The third-order valence-electron chi connectivity index (χ3n) is 4.24. The molecule has 28 heavy (non-hydrogen) atoms. The van der Waals surface area contributed by atoms with Crippen molar-refractivity contribution in [1.29, 1.82) is 0 Å². The van der Waals surface area contributed by atoms with E-state index in [9.17, 15) is 22.8 Å². The summed E-state index contributed by atoms with van der Waals surface area (Å²) in [6.07, 6.45) is -2.97. The van der Waals surface area contributed by atoms with Crippen LogP contribution in [0.15, 0.2) is 59.5 Å². The highest BCUT2D eigenvalue weighted by Gasteiger charge is 2.30. The molecule has 0 bridgehead atoms. The minimum absolute atomic E-state index is 0.0629. The van der Waals surface area contributed by atoms with Crippen molar-refractivity contribution in [1.82, 2.24) is 9.88 Å². The summed E-state index contributed by atoms with van der Waals surface area (Å²) in [6, 6.07) is 12.4. The molecule has 3 aromatic rings. The van der Waals surface area contributed by atoms with E-state index >= 15 is 0 Å². The average molecular weight is 406 g/mol. The largest absolute Gasteiger partial charge is 0.416 e. The molecular weight excluding hydrogens is 389 g/mol. The summed E-state index contributed by atoms with van der Waals surface area (Å²) in [7, 11) is 0. The van der Waals surface area contributed by atoms with Crippen LogP contribution < -0.4 is 10.2 Å². The van der Waals surface area contributed by atoms with Gasteiger partial charge in [-0.15, -0.1) is 0 Å². The van der Waals surface area contributed by atoms with Crippen LogP contribution in [0.2, 0.25) is 0 Å². The van der Waals surface area contributed by atoms with Crippen LogP contribution in [0, 0.1) is 6.92 Å². The van der Waals surface area contributed by atoms with Gasteiger partial charge in [0.05, 0.1) is 12.1 Å². The number of hydrogen-bond acceptors (Lipinski definition) is 3. The molecule has 0 unspecified atom stereocenters. The number of thiazole rings is 1. The molecule has 3 rings (SSSR count). The van der Waals surface area contributed by atoms with Crippen LogP contribution in [0.5, 0.6) is 0 Å². The Balaban J connectivity index is 1.69. The fourth-order valence-corrected chi connectivity index (χ4v) is 3.45. The minimum Gasteiger partial charge on any atom is -0.347 e. The van der Waals surface area contributed by atoms with Crippen molar-refractivity contribution in [2.75, 3.05) is 0 Å². The average Bonchev–Trinajstić information content (AvgIpc) is 3.02. The van der Waals surface area contributed by atoms with Crippen LogP contribution in [-0.4, -0.2) is 10.5 Å². The number of nitrogens with one attached hydrogen (secondary N) is 1. The second-order valence-electron chi connectivity index (χ2n) is 6.30. The van der Waals surface area contributed by atoms with Gasteiger partial charge < -0.3 is 9.88 Å². The van der Waals surface area contributed by atoms with Gasteiger partial charge >= 0.3 is 11.0 Å². The Morgan fingerprint density at radius 3 is 2.61 bits per heavy atom. The number of aryl methyl sites for hydroxylation is 1. The van der Waals surface area contributed by atoms with E-state index in [1.54, 1.807) is 0 Å². The number of benzene rings is 2. The predicted octanol–water partition coefficient (Wildman–Crippen LogP) is 4.22. The molecule has 0 aliphatic heterocycles. The Kier molecular flexibility index (Phi) is 5.69. The number of rotatable bonds is 5. The normalized spacial score (nSPS) is 11.4. The van der Waals surface area contributed by atoms with Gasteiger partial charge in [-0.1, -0.05) is 47.7 Å². The molecule has 0 aliphatic carbocycles. The smallest absolute Gasteiger partial charge is 0.347 e. The summed E-state index contributed by atoms with van der Waals surface area (Å²) in [5.41, 5.74) is 1.57. The van der Waals surface area contributed by atoms with Gasteiger partial charge in [-0.3, -0.25) is 9.59 Å². The summed E-state index contributed by atoms with van der Waals surface area (Å²) in [6.45, 7) is 2.23. The van der Waals surface area contributed by atoms with E-state index < -0.39 is 17.6 Å². The van der Waals surface area contributed by atoms with Crippen LogP contribution in [0.4, 0.5) is 13.2 Å². The second-order valence-corrected chi connectivity index (χ2v) is 7.29. The molecule has 4 nitrogen and oxygen atoms in total. The number of halogens is 3. The van der Waals surface area contributed by atoms with Crippen molar-refractivity contribution in [3.8, 4) is 0 Å². The van der Waals surface area contributed by atoms with Crippen molar-refractivity contribution in [2.24, 2.45) is 0 Å². The molecule has 0 atom stereocenters. The van der Waals surface area contributed by atoms with Gasteiger partial charge in [-0.25, -0.2) is 0 Å². The fourth-order valence-electron chi connectivity index (χ4n) is 2.69. The Labute approximate surface area is 163 Å². The molecule has 0 spiro atoms. The standard InChI is InChI=1S/C20H17F3N2O2S/c1-13-5-2-3-7-15(13)11-25-12-17(28-19(25)27)18(26)24-10-14-6-4-8-16(9-14)20(21,22)23/h2-9,12H,10-11H2,1H3,(H,24,26). The number of carbonyl (C=O) groups excluding carboxylic acids is 1. The number of nitrogens with zero attached hydrogens (tertiary/aromatic N) is 1. The van der Waals surface area contributed by atoms with Gasteiger partial charge in [-0.05, 0) is 35.7 Å². The topological polar surface area (TPSA) is 51.1 Å². The number of alkyl halides is 3. The molecule has 0 radical (unpaired) electrons. The van der Waals surface area contributed by atoms with E-state index in [1.807, 2.05) is 31.2 Å². The van der Waals surface area contributed by atoms with Crippen LogP contribution in [0.3, 0.4) is 0 Å². The van der Waals surface area contributed by atoms with Crippen molar-refractivity contribution in [3.63, 3.8) is 0 Å². The highest BCUT2D eigenvalue weighted by Crippen LogP contribution is 2.29. The van der Waals surface area contributed by atoms with Gasteiger partial charge in [0.1, 0.15) is 4.88 Å². The van der Waals surface area contributed by atoms with Gasteiger partial charge in [0.15, 0.2) is 0 Å². The predicted molar refractivity (Wildman–Crippen MR) is 101 cm³/mol. The summed E-state index contributed by atoms with van der Waals surface area (Å²) < 4.78 is 39.7. The molecule has 0 saturated heterocycles. The summed E-state index contributed by atoms with van der Waals surface area (Å²) >= 11 is 0.805. The van der Waals surface area contributed by atoms with Crippen molar-refractivity contribution >= 4 is 17.2 Å². The lowest BCUT2D eigenvalue weighted by Gasteiger charge is -2.09. The SMILES string of the molecule is Cc1ccccc1Cn1cc(C(=O)NCc2cccc(C(F)(F)F)c2)sc1=O. The first-order valence-electron chi connectivity index (χ1n) is 8.43. The maximum absolute atomic E-state index is 12.8. The molecular formula is C20H17F3N2O2S. The molecule has 146 valence electrons. The van der Waals surface area contributed by atoms with E-state index in [-0.39, 0.29) is 16.3 Å². The highest BCUT2D eigenvalue weighted by atomic mass is 32.1. The van der Waals surface area contributed by atoms with E-state index in [0.717, 1.165) is 34.6 Å².